The summed E-state index contributed by atoms with van der Waals surface area (Å²) in [4.78, 5) is 38.0. The van der Waals surface area contributed by atoms with Crippen LogP contribution >= 0.6 is 0 Å². The van der Waals surface area contributed by atoms with Gasteiger partial charge in [0.25, 0.3) is 0 Å². The largest absolute Gasteiger partial charge is 0.505 e. The number of carbonyl (C=O) groups excluding carboxylic acids is 3. The van der Waals surface area contributed by atoms with Crippen molar-refractivity contribution in [2.24, 2.45) is 17.8 Å². The van der Waals surface area contributed by atoms with Gasteiger partial charge in [0.2, 0.25) is 11.8 Å². The Kier molecular flexibility index (Phi) is 7.89. The summed E-state index contributed by atoms with van der Waals surface area (Å²) in [5.41, 5.74) is 2.76. The number of aliphatic hydroxyl groups excluding tert-OH is 2. The molecule has 34 heavy (non-hydrogen) atoms. The van der Waals surface area contributed by atoms with Crippen LogP contribution in [0.5, 0.6) is 5.75 Å². The number of methoxy groups -OCH3 is 1. The first kappa shape index (κ1) is 25.6. The van der Waals surface area contributed by atoms with Crippen LogP contribution in [0.1, 0.15) is 45.1 Å². The third-order valence-corrected chi connectivity index (χ3v) is 6.78. The Labute approximate surface area is 197 Å². The molecule has 8 nitrogen and oxygen atoms in total. The molecule has 0 spiro atoms. The second-order valence-electron chi connectivity index (χ2n) is 8.76. The highest BCUT2D eigenvalue weighted by Crippen LogP contribution is 2.46. The molecule has 1 aromatic rings. The van der Waals surface area contributed by atoms with Crippen LogP contribution in [0.15, 0.2) is 34.9 Å². The van der Waals surface area contributed by atoms with Crippen molar-refractivity contribution in [1.82, 2.24) is 4.90 Å². The highest BCUT2D eigenvalue weighted by atomic mass is 19.1. The van der Waals surface area contributed by atoms with E-state index < -0.39 is 59.9 Å². The summed E-state index contributed by atoms with van der Waals surface area (Å²) in [5, 5.41) is 30.5. The highest BCUT2D eigenvalue weighted by Gasteiger charge is 2.56. The van der Waals surface area contributed by atoms with Crippen molar-refractivity contribution in [2.45, 2.75) is 45.6 Å². The summed E-state index contributed by atoms with van der Waals surface area (Å²) in [5.74, 6) is -5.03. The van der Waals surface area contributed by atoms with Gasteiger partial charge in [-0.3, -0.25) is 9.59 Å². The van der Waals surface area contributed by atoms with Gasteiger partial charge in [-0.15, -0.1) is 0 Å². The number of hydrogen-bond acceptors (Lipinski definition) is 7. The second-order valence-corrected chi connectivity index (χ2v) is 8.76. The second kappa shape index (κ2) is 10.5. The number of ether oxygens (including phenoxy) is 1. The molecule has 3 rings (SSSR count). The predicted octanol–water partition coefficient (Wildman–Crippen LogP) is 3.16. The molecule has 1 aliphatic carbocycles. The van der Waals surface area contributed by atoms with E-state index in [4.69, 9.17) is 0 Å². The fourth-order valence-corrected chi connectivity index (χ4v) is 5.07. The Morgan fingerprint density at radius 3 is 2.62 bits per heavy atom. The van der Waals surface area contributed by atoms with Crippen molar-refractivity contribution >= 4 is 24.0 Å². The van der Waals surface area contributed by atoms with Crippen LogP contribution in [0, 0.1) is 23.6 Å². The number of phenols is 1. The molecule has 0 bridgehead atoms. The number of aromatic hydroxyl groups is 1. The standard InChI is InChI=1S/C25H30FNO7/c1-4-14(10-15-6-7-19(29)18(26)11-15)5-8-20(30)21-13(2)9-16-22(17(21)12-28)24(32)27(23(16)31)25(33)34-3/h6-7,10-11,16-17,20,22,28-30H,4-5,8-9,12H2,1-3H3/b14-10+/t16-,17+,20-,22-/m1/s1. The first-order chi connectivity index (χ1) is 16.1. The lowest BCUT2D eigenvalue weighted by Crippen LogP contribution is -2.39. The number of nitrogens with zero attached hydrogens (tertiary/aromatic N) is 1. The molecule has 1 fully saturated rings. The molecule has 3 N–H and O–H groups in total. The molecule has 9 heteroatoms. The minimum absolute atomic E-state index is 0.203. The van der Waals surface area contributed by atoms with E-state index in [-0.39, 0.29) is 6.42 Å². The van der Waals surface area contributed by atoms with Crippen LogP contribution in [0.3, 0.4) is 0 Å². The number of imide groups is 3. The Morgan fingerprint density at radius 2 is 2.03 bits per heavy atom. The number of benzene rings is 1. The van der Waals surface area contributed by atoms with Crippen molar-refractivity contribution in [2.75, 3.05) is 13.7 Å². The average molecular weight is 476 g/mol. The molecule has 1 heterocycles. The summed E-state index contributed by atoms with van der Waals surface area (Å²) >= 11 is 0. The summed E-state index contributed by atoms with van der Waals surface area (Å²) in [6, 6.07) is 4.10. The zero-order valence-corrected chi connectivity index (χ0v) is 19.5. The molecule has 0 aromatic heterocycles. The number of allylic oxidation sites excluding steroid dienone is 2. The number of rotatable bonds is 7. The van der Waals surface area contributed by atoms with Gasteiger partial charge >= 0.3 is 6.09 Å². The number of phenolic OH excluding ortho intramolecular Hbond substituents is 1. The van der Waals surface area contributed by atoms with E-state index in [1.807, 2.05) is 6.92 Å². The van der Waals surface area contributed by atoms with Crippen LogP contribution < -0.4 is 0 Å². The van der Waals surface area contributed by atoms with E-state index in [1.54, 1.807) is 19.1 Å². The van der Waals surface area contributed by atoms with Crippen molar-refractivity contribution < 1.29 is 38.8 Å². The van der Waals surface area contributed by atoms with E-state index in [2.05, 4.69) is 4.74 Å². The van der Waals surface area contributed by atoms with Gasteiger partial charge in [-0.2, -0.15) is 4.90 Å². The predicted molar refractivity (Wildman–Crippen MR) is 121 cm³/mol. The van der Waals surface area contributed by atoms with Crippen LogP contribution in [0.4, 0.5) is 9.18 Å². The molecule has 0 radical (unpaired) electrons. The number of fused-ring (bicyclic) bond motifs is 1. The lowest BCUT2D eigenvalue weighted by Gasteiger charge is -2.35. The molecule has 3 amide bonds. The number of aliphatic hydroxyl groups is 2. The maximum atomic E-state index is 13.6. The number of hydrogen-bond donors (Lipinski definition) is 3. The first-order valence-electron chi connectivity index (χ1n) is 11.3. The van der Waals surface area contributed by atoms with Crippen LogP contribution in [-0.2, 0) is 14.3 Å². The van der Waals surface area contributed by atoms with Crippen molar-refractivity contribution in [3.63, 3.8) is 0 Å². The molecule has 1 aliphatic heterocycles. The average Bonchev–Trinajstić information content (AvgIpc) is 3.06. The van der Waals surface area contributed by atoms with Gasteiger partial charge in [-0.25, -0.2) is 9.18 Å². The molecule has 0 unspecified atom stereocenters. The zero-order valence-electron chi connectivity index (χ0n) is 19.5. The molecule has 0 saturated carbocycles. The van der Waals surface area contributed by atoms with E-state index in [0.717, 1.165) is 12.7 Å². The van der Waals surface area contributed by atoms with Crippen LogP contribution in [0.2, 0.25) is 0 Å². The Hall–Kier alpha value is -3.04. The van der Waals surface area contributed by atoms with Gasteiger partial charge in [0.05, 0.1) is 31.7 Å². The van der Waals surface area contributed by atoms with Crippen molar-refractivity contribution in [1.29, 1.82) is 0 Å². The van der Waals surface area contributed by atoms with Gasteiger partial charge in [-0.1, -0.05) is 30.2 Å². The Bertz CT molecular complexity index is 1050. The van der Waals surface area contributed by atoms with E-state index in [1.165, 1.54) is 12.1 Å². The summed E-state index contributed by atoms with van der Waals surface area (Å²) in [6.07, 6.45) is 1.40. The van der Waals surface area contributed by atoms with Gasteiger partial charge < -0.3 is 20.1 Å². The lowest BCUT2D eigenvalue weighted by atomic mass is 9.68. The molecule has 1 aromatic carbocycles. The summed E-state index contributed by atoms with van der Waals surface area (Å²) in [7, 11) is 1.08. The topological polar surface area (TPSA) is 124 Å². The Balaban J connectivity index is 1.80. The fourth-order valence-electron chi connectivity index (χ4n) is 5.07. The van der Waals surface area contributed by atoms with E-state index >= 15 is 0 Å². The minimum Gasteiger partial charge on any atom is -0.505 e. The van der Waals surface area contributed by atoms with Crippen LogP contribution in [0.25, 0.3) is 6.08 Å². The van der Waals surface area contributed by atoms with Gasteiger partial charge in [-0.05, 0) is 55.9 Å². The smallest absolute Gasteiger partial charge is 0.423 e. The monoisotopic (exact) mass is 475 g/mol. The quantitative estimate of drug-likeness (QED) is 0.409. The zero-order chi connectivity index (χ0) is 25.2. The highest BCUT2D eigenvalue weighted by molar-refractivity contribution is 6.15. The van der Waals surface area contributed by atoms with Crippen LogP contribution in [-0.4, -0.2) is 57.9 Å². The van der Waals surface area contributed by atoms with Gasteiger partial charge in [0, 0.05) is 5.92 Å². The number of carbonyl (C=O) groups is 3. The summed E-state index contributed by atoms with van der Waals surface area (Å²) < 4.78 is 18.2. The lowest BCUT2D eigenvalue weighted by molar-refractivity contribution is -0.137. The molecular weight excluding hydrogens is 445 g/mol. The van der Waals surface area contributed by atoms with E-state index in [9.17, 15) is 34.1 Å². The van der Waals surface area contributed by atoms with Gasteiger partial charge in [0.1, 0.15) is 0 Å². The summed E-state index contributed by atoms with van der Waals surface area (Å²) in [6.45, 7) is 3.24. The third kappa shape index (κ3) is 4.76. The van der Waals surface area contributed by atoms with Crippen molar-refractivity contribution in [3.05, 3.63) is 46.3 Å². The van der Waals surface area contributed by atoms with Gasteiger partial charge in [0.15, 0.2) is 11.6 Å². The maximum Gasteiger partial charge on any atom is 0.423 e. The number of amides is 3. The number of halogens is 1. The minimum atomic E-state index is -1.05. The molecule has 184 valence electrons. The number of likely N-dealkylation sites (tertiary alicyclic amines) is 1. The third-order valence-electron chi connectivity index (χ3n) is 6.78. The normalized spacial score (nSPS) is 23.9. The fraction of sp³-hybridized carbons (Fsp3) is 0.480. The molecule has 1 saturated heterocycles. The molecular formula is C25H30FNO7. The molecule has 4 atom stereocenters. The van der Waals surface area contributed by atoms with E-state index in [0.29, 0.717) is 40.9 Å². The Morgan fingerprint density at radius 1 is 1.32 bits per heavy atom. The SMILES string of the molecule is CC/C(=C\c1ccc(O)c(F)c1)CC[C@@H](O)C1=C(C)C[C@H]2C(=O)N(C(=O)OC)C(=O)[C@H]2[C@H]1CO. The van der Waals surface area contributed by atoms with Crippen molar-refractivity contribution in [3.8, 4) is 5.75 Å². The first-order valence-corrected chi connectivity index (χ1v) is 11.3. The maximum absolute atomic E-state index is 13.6. The molecule has 2 aliphatic rings.